The third-order valence-corrected chi connectivity index (χ3v) is 7.73. The minimum absolute atomic E-state index is 0.169. The van der Waals surface area contributed by atoms with Crippen LogP contribution in [0.15, 0.2) is 55.8 Å². The van der Waals surface area contributed by atoms with Gasteiger partial charge in [-0.3, -0.25) is 9.36 Å². The number of amides is 1. The Kier molecular flexibility index (Phi) is 6.10. The highest BCUT2D eigenvalue weighted by Crippen LogP contribution is 2.44. The van der Waals surface area contributed by atoms with E-state index in [0.29, 0.717) is 23.5 Å². The Hall–Kier alpha value is -3.80. The smallest absolute Gasteiger partial charge is 0.252 e. The van der Waals surface area contributed by atoms with Gasteiger partial charge in [0, 0.05) is 36.2 Å². The molecule has 3 fully saturated rings. The number of fused-ring (bicyclic) bond motifs is 3. The number of carbonyl (C=O) groups is 1. The van der Waals surface area contributed by atoms with E-state index in [4.69, 9.17) is 14.2 Å². The number of nitrogens with zero attached hydrogens (tertiary/aromatic N) is 5. The molecule has 208 valence electrons. The maximum atomic E-state index is 13.0. The summed E-state index contributed by atoms with van der Waals surface area (Å²) in [5, 5.41) is 7.72. The number of carbonyl (C=O) groups excluding carboxylic acids is 1. The molecular formula is C29H33N7O4. The van der Waals surface area contributed by atoms with Gasteiger partial charge in [0.25, 0.3) is 5.91 Å². The van der Waals surface area contributed by atoms with Gasteiger partial charge < -0.3 is 29.4 Å². The Labute approximate surface area is 231 Å². The Morgan fingerprint density at radius 2 is 2.00 bits per heavy atom. The third-order valence-electron chi connectivity index (χ3n) is 7.73. The van der Waals surface area contributed by atoms with Crippen molar-refractivity contribution in [1.82, 2.24) is 29.4 Å². The van der Waals surface area contributed by atoms with Crippen LogP contribution in [0.2, 0.25) is 0 Å². The molecule has 0 spiro atoms. The van der Waals surface area contributed by atoms with E-state index in [2.05, 4.69) is 67.2 Å². The van der Waals surface area contributed by atoms with E-state index in [1.165, 1.54) is 22.8 Å². The first-order chi connectivity index (χ1) is 19.4. The van der Waals surface area contributed by atoms with Crippen LogP contribution in [0.5, 0.6) is 0 Å². The molecule has 2 saturated heterocycles. The van der Waals surface area contributed by atoms with Gasteiger partial charge in [0.15, 0.2) is 35.1 Å². The van der Waals surface area contributed by atoms with Crippen LogP contribution in [0, 0.1) is 0 Å². The fraction of sp³-hybridized carbons (Fsp3) is 0.448. The zero-order valence-electron chi connectivity index (χ0n) is 22.6. The molecule has 4 atom stereocenters. The van der Waals surface area contributed by atoms with E-state index in [1.807, 2.05) is 24.5 Å². The number of para-hydroxylation sites is 1. The van der Waals surface area contributed by atoms with Gasteiger partial charge in [-0.25, -0.2) is 15.0 Å². The highest BCUT2D eigenvalue weighted by Gasteiger charge is 2.58. The summed E-state index contributed by atoms with van der Waals surface area (Å²) in [6.07, 6.45) is 7.66. The number of hydrogen-bond donors (Lipinski definition) is 2. The van der Waals surface area contributed by atoms with Crippen LogP contribution in [-0.4, -0.2) is 66.7 Å². The van der Waals surface area contributed by atoms with E-state index in [1.54, 1.807) is 6.33 Å². The Morgan fingerprint density at radius 1 is 1.18 bits per heavy atom. The average molecular weight is 544 g/mol. The van der Waals surface area contributed by atoms with Crippen LogP contribution in [0.25, 0.3) is 22.1 Å². The lowest BCUT2D eigenvalue weighted by Crippen LogP contribution is -2.43. The second-order valence-electron chi connectivity index (χ2n) is 11.1. The predicted molar refractivity (Wildman–Crippen MR) is 149 cm³/mol. The van der Waals surface area contributed by atoms with Gasteiger partial charge >= 0.3 is 0 Å². The largest absolute Gasteiger partial charge is 0.368 e. The fourth-order valence-corrected chi connectivity index (χ4v) is 5.82. The van der Waals surface area contributed by atoms with Crippen LogP contribution in [0.1, 0.15) is 38.5 Å². The first-order valence-electron chi connectivity index (χ1n) is 13.8. The van der Waals surface area contributed by atoms with Crippen LogP contribution < -0.4 is 10.6 Å². The molecule has 2 N–H and O–H groups in total. The zero-order chi connectivity index (χ0) is 27.4. The van der Waals surface area contributed by atoms with Gasteiger partial charge in [-0.2, -0.15) is 0 Å². The molecule has 0 unspecified atom stereocenters. The summed E-state index contributed by atoms with van der Waals surface area (Å²) in [6.45, 7) is 9.01. The molecule has 5 heterocycles. The van der Waals surface area contributed by atoms with Crippen LogP contribution in [-0.2, 0) is 32.0 Å². The highest BCUT2D eigenvalue weighted by atomic mass is 16.8. The average Bonchev–Trinajstić information content (AvgIpc) is 3.24. The van der Waals surface area contributed by atoms with Gasteiger partial charge in [0.1, 0.15) is 18.5 Å². The molecule has 1 saturated carbocycles. The minimum atomic E-state index is -0.831. The summed E-state index contributed by atoms with van der Waals surface area (Å²) in [4.78, 5) is 26.6. The summed E-state index contributed by atoms with van der Waals surface area (Å²) < 4.78 is 22.6. The van der Waals surface area contributed by atoms with Gasteiger partial charge in [-0.15, -0.1) is 6.58 Å². The number of rotatable bonds is 9. The summed E-state index contributed by atoms with van der Waals surface area (Å²) in [5.41, 5.74) is 3.67. The predicted octanol–water partition coefficient (Wildman–Crippen LogP) is 3.32. The van der Waals surface area contributed by atoms with Crippen molar-refractivity contribution in [2.24, 2.45) is 0 Å². The van der Waals surface area contributed by atoms with E-state index < -0.39 is 30.3 Å². The van der Waals surface area contributed by atoms with Crippen molar-refractivity contribution >= 4 is 33.8 Å². The topological polar surface area (TPSA) is 117 Å². The van der Waals surface area contributed by atoms with E-state index in [9.17, 15) is 4.79 Å². The van der Waals surface area contributed by atoms with Crippen molar-refractivity contribution in [2.45, 2.75) is 76.0 Å². The zero-order valence-corrected chi connectivity index (χ0v) is 22.6. The lowest BCUT2D eigenvalue weighted by molar-refractivity contribution is -0.197. The lowest BCUT2D eigenvalue weighted by atomic mass is 10.1. The quantitative estimate of drug-likeness (QED) is 0.309. The molecule has 0 bridgehead atoms. The first-order valence-corrected chi connectivity index (χ1v) is 13.8. The number of benzene rings is 1. The molecule has 3 aromatic heterocycles. The molecule has 40 heavy (non-hydrogen) atoms. The third kappa shape index (κ3) is 4.43. The number of imidazole rings is 1. The van der Waals surface area contributed by atoms with Crippen molar-refractivity contribution in [2.75, 3.05) is 11.9 Å². The Bertz CT molecular complexity index is 1590. The Morgan fingerprint density at radius 3 is 2.83 bits per heavy atom. The number of allylic oxidation sites excluding steroid dienone is 1. The highest BCUT2D eigenvalue weighted by molar-refractivity contribution is 5.85. The van der Waals surface area contributed by atoms with Gasteiger partial charge in [-0.1, -0.05) is 24.3 Å². The van der Waals surface area contributed by atoms with Crippen LogP contribution in [0.4, 0.5) is 5.82 Å². The molecule has 11 nitrogen and oxygen atoms in total. The van der Waals surface area contributed by atoms with E-state index >= 15 is 0 Å². The van der Waals surface area contributed by atoms with Crippen molar-refractivity contribution in [3.05, 3.63) is 61.3 Å². The first kappa shape index (κ1) is 25.2. The van der Waals surface area contributed by atoms with Crippen molar-refractivity contribution in [3.63, 3.8) is 0 Å². The molecule has 1 amide bonds. The fourth-order valence-electron chi connectivity index (χ4n) is 5.82. The maximum absolute atomic E-state index is 13.0. The SMILES string of the molecule is C=CCn1cc(CCNc2ncnc3c2ncn3[C@@H]2O[C@H](C(=O)NC3CC3)[C@H]3OC(C)(C)O[C@H]32)c2ccccc21. The normalized spacial score (nSPS) is 25.4. The van der Waals surface area contributed by atoms with Crippen molar-refractivity contribution in [3.8, 4) is 0 Å². The summed E-state index contributed by atoms with van der Waals surface area (Å²) >= 11 is 0. The number of anilines is 1. The lowest BCUT2D eigenvalue weighted by Gasteiger charge is -2.24. The van der Waals surface area contributed by atoms with Gasteiger partial charge in [-0.05, 0) is 44.7 Å². The van der Waals surface area contributed by atoms with E-state index in [-0.39, 0.29) is 11.9 Å². The van der Waals surface area contributed by atoms with Crippen LogP contribution in [0.3, 0.4) is 0 Å². The second kappa shape index (κ2) is 9.69. The monoisotopic (exact) mass is 543 g/mol. The molecular weight excluding hydrogens is 510 g/mol. The summed E-state index contributed by atoms with van der Waals surface area (Å²) in [5.74, 6) is -0.361. The Balaban J connectivity index is 1.11. The number of hydrogen-bond acceptors (Lipinski definition) is 8. The second-order valence-corrected chi connectivity index (χ2v) is 11.1. The van der Waals surface area contributed by atoms with Gasteiger partial charge in [0.05, 0.1) is 6.33 Å². The van der Waals surface area contributed by atoms with Crippen molar-refractivity contribution in [1.29, 1.82) is 0 Å². The molecule has 7 rings (SSSR count). The molecule has 2 aliphatic heterocycles. The number of ether oxygens (including phenoxy) is 3. The molecule has 1 aromatic carbocycles. The molecule has 0 radical (unpaired) electrons. The molecule has 4 aromatic rings. The summed E-state index contributed by atoms with van der Waals surface area (Å²) in [6, 6.07) is 8.62. The number of nitrogens with one attached hydrogen (secondary N) is 2. The number of aromatic nitrogens is 5. The summed E-state index contributed by atoms with van der Waals surface area (Å²) in [7, 11) is 0. The molecule has 11 heteroatoms. The molecule has 1 aliphatic carbocycles. The van der Waals surface area contributed by atoms with E-state index in [0.717, 1.165) is 25.8 Å². The van der Waals surface area contributed by atoms with Crippen LogP contribution >= 0.6 is 0 Å². The molecule has 3 aliphatic rings. The van der Waals surface area contributed by atoms with Crippen molar-refractivity contribution < 1.29 is 19.0 Å². The minimum Gasteiger partial charge on any atom is -0.368 e. The standard InChI is InChI=1S/C29H33N7O4/c1-4-13-35-14-17(19-7-5-6-8-20(19)35)11-12-30-25-21-26(32-15-31-25)36(16-33-21)28-24-22(39-29(2,3)40-24)23(38-28)27(37)34-18-9-10-18/h4-8,14-16,18,22-24,28H,1,9-13H2,2-3H3,(H,34,37)(H,30,31,32)/t22-,23+,24-,28-/m1/s1. The van der Waals surface area contributed by atoms with Gasteiger partial charge in [0.2, 0.25) is 0 Å². The maximum Gasteiger partial charge on any atom is 0.252 e.